The third kappa shape index (κ3) is 1.20. The SMILES string of the molecule is [NH3+][C@H]1CCCC[C@@H]1O. The van der Waals surface area contributed by atoms with Gasteiger partial charge >= 0.3 is 0 Å². The van der Waals surface area contributed by atoms with Gasteiger partial charge in [0.05, 0.1) is 0 Å². The van der Waals surface area contributed by atoms with E-state index in [1.807, 2.05) is 0 Å². The summed E-state index contributed by atoms with van der Waals surface area (Å²) >= 11 is 0. The Bertz CT molecular complexity index is 64.9. The van der Waals surface area contributed by atoms with Crippen molar-refractivity contribution in [3.8, 4) is 0 Å². The molecule has 4 N–H and O–H groups in total. The van der Waals surface area contributed by atoms with E-state index in [2.05, 4.69) is 5.73 Å². The standard InChI is InChI=1S/C6H13NO/c7-5-3-1-2-4-6(5)8/h5-6,8H,1-4,7H2/p+1/t5-,6-/m0/s1. The highest BCUT2D eigenvalue weighted by Gasteiger charge is 2.21. The molecular formula is C6H14NO+. The van der Waals surface area contributed by atoms with E-state index in [0.29, 0.717) is 6.04 Å². The highest BCUT2D eigenvalue weighted by atomic mass is 16.3. The maximum absolute atomic E-state index is 9.12. The quantitative estimate of drug-likeness (QED) is 0.441. The topological polar surface area (TPSA) is 47.9 Å². The Balaban J connectivity index is 2.28. The van der Waals surface area contributed by atoms with Crippen LogP contribution in [0.2, 0.25) is 0 Å². The lowest BCUT2D eigenvalue weighted by atomic mass is 9.94. The van der Waals surface area contributed by atoms with Crippen LogP contribution in [0.25, 0.3) is 0 Å². The van der Waals surface area contributed by atoms with Crippen molar-refractivity contribution < 1.29 is 10.8 Å². The second-order valence-electron chi connectivity index (χ2n) is 2.61. The summed E-state index contributed by atoms with van der Waals surface area (Å²) in [5.41, 5.74) is 3.83. The molecule has 0 unspecified atom stereocenters. The first kappa shape index (κ1) is 6.05. The summed E-state index contributed by atoms with van der Waals surface area (Å²) < 4.78 is 0. The van der Waals surface area contributed by atoms with Crippen LogP contribution in [-0.4, -0.2) is 17.3 Å². The van der Waals surface area contributed by atoms with E-state index in [-0.39, 0.29) is 6.10 Å². The van der Waals surface area contributed by atoms with Crippen molar-refractivity contribution in [1.82, 2.24) is 0 Å². The minimum atomic E-state index is -0.108. The number of quaternary nitrogens is 1. The number of hydrogen-bond donors (Lipinski definition) is 2. The van der Waals surface area contributed by atoms with Crippen LogP contribution in [-0.2, 0) is 0 Å². The molecule has 0 aromatic heterocycles. The Morgan fingerprint density at radius 3 is 2.25 bits per heavy atom. The third-order valence-corrected chi connectivity index (χ3v) is 1.87. The van der Waals surface area contributed by atoms with Crippen molar-refractivity contribution in [3.05, 3.63) is 0 Å². The fourth-order valence-corrected chi connectivity index (χ4v) is 1.19. The smallest absolute Gasteiger partial charge is 0.111 e. The summed E-state index contributed by atoms with van der Waals surface area (Å²) in [7, 11) is 0. The Hall–Kier alpha value is -0.0800. The van der Waals surface area contributed by atoms with E-state index < -0.39 is 0 Å². The van der Waals surface area contributed by atoms with Gasteiger partial charge in [-0.05, 0) is 12.8 Å². The first-order valence-corrected chi connectivity index (χ1v) is 3.32. The molecule has 0 saturated heterocycles. The van der Waals surface area contributed by atoms with Gasteiger partial charge in [0.1, 0.15) is 12.1 Å². The molecule has 0 aliphatic heterocycles. The lowest BCUT2D eigenvalue weighted by Crippen LogP contribution is -2.67. The van der Waals surface area contributed by atoms with Gasteiger partial charge in [-0.1, -0.05) is 6.42 Å². The minimum Gasteiger partial charge on any atom is -0.387 e. The molecule has 1 aliphatic carbocycles. The summed E-state index contributed by atoms with van der Waals surface area (Å²) in [5, 5.41) is 9.12. The van der Waals surface area contributed by atoms with Crippen LogP contribution in [0.5, 0.6) is 0 Å². The Morgan fingerprint density at radius 2 is 1.88 bits per heavy atom. The van der Waals surface area contributed by atoms with Gasteiger partial charge in [-0.15, -0.1) is 0 Å². The van der Waals surface area contributed by atoms with Gasteiger partial charge in [0.25, 0.3) is 0 Å². The van der Waals surface area contributed by atoms with Gasteiger partial charge in [-0.25, -0.2) is 0 Å². The summed E-state index contributed by atoms with van der Waals surface area (Å²) in [6, 6.07) is 0.309. The number of rotatable bonds is 0. The fourth-order valence-electron chi connectivity index (χ4n) is 1.19. The number of aliphatic hydroxyl groups excluding tert-OH is 1. The van der Waals surface area contributed by atoms with Crippen LogP contribution in [0.4, 0.5) is 0 Å². The molecule has 0 radical (unpaired) electrons. The molecule has 48 valence electrons. The Morgan fingerprint density at radius 1 is 1.25 bits per heavy atom. The van der Waals surface area contributed by atoms with Crippen molar-refractivity contribution in [2.75, 3.05) is 0 Å². The van der Waals surface area contributed by atoms with Crippen LogP contribution >= 0.6 is 0 Å². The molecule has 1 saturated carbocycles. The van der Waals surface area contributed by atoms with Crippen molar-refractivity contribution in [2.45, 2.75) is 37.8 Å². The lowest BCUT2D eigenvalue weighted by molar-refractivity contribution is -0.442. The Kier molecular flexibility index (Phi) is 1.86. The molecule has 0 heterocycles. The Labute approximate surface area is 49.7 Å². The van der Waals surface area contributed by atoms with Crippen molar-refractivity contribution >= 4 is 0 Å². The zero-order valence-corrected chi connectivity index (χ0v) is 5.14. The van der Waals surface area contributed by atoms with Crippen LogP contribution in [0, 0.1) is 0 Å². The van der Waals surface area contributed by atoms with E-state index in [4.69, 9.17) is 5.11 Å². The van der Waals surface area contributed by atoms with Gasteiger partial charge in [0, 0.05) is 6.42 Å². The zero-order valence-electron chi connectivity index (χ0n) is 5.14. The molecule has 0 bridgehead atoms. The summed E-state index contributed by atoms with van der Waals surface area (Å²) in [6.45, 7) is 0. The highest BCUT2D eigenvalue weighted by Crippen LogP contribution is 2.14. The minimum absolute atomic E-state index is 0.108. The average Bonchev–Trinajstić information content (AvgIpc) is 1.77. The maximum Gasteiger partial charge on any atom is 0.111 e. The lowest BCUT2D eigenvalue weighted by Gasteiger charge is -2.20. The molecule has 8 heavy (non-hydrogen) atoms. The molecule has 1 fully saturated rings. The van der Waals surface area contributed by atoms with Crippen LogP contribution in [0.1, 0.15) is 25.7 Å². The van der Waals surface area contributed by atoms with E-state index in [1.165, 1.54) is 12.8 Å². The third-order valence-electron chi connectivity index (χ3n) is 1.87. The molecule has 0 spiro atoms. The fraction of sp³-hybridized carbons (Fsp3) is 1.00. The summed E-state index contributed by atoms with van der Waals surface area (Å²) in [5.74, 6) is 0. The van der Waals surface area contributed by atoms with Crippen LogP contribution in [0.15, 0.2) is 0 Å². The molecule has 2 heteroatoms. The van der Waals surface area contributed by atoms with Gasteiger partial charge < -0.3 is 10.8 Å². The monoisotopic (exact) mass is 116 g/mol. The molecule has 2 atom stereocenters. The maximum atomic E-state index is 9.12. The molecule has 0 amide bonds. The van der Waals surface area contributed by atoms with Crippen molar-refractivity contribution in [3.63, 3.8) is 0 Å². The second kappa shape index (κ2) is 2.46. The molecule has 0 aromatic carbocycles. The second-order valence-corrected chi connectivity index (χ2v) is 2.61. The van der Waals surface area contributed by atoms with Crippen LogP contribution < -0.4 is 5.73 Å². The molecule has 2 nitrogen and oxygen atoms in total. The first-order valence-electron chi connectivity index (χ1n) is 3.32. The van der Waals surface area contributed by atoms with Crippen molar-refractivity contribution in [2.24, 2.45) is 0 Å². The average molecular weight is 116 g/mol. The predicted molar refractivity (Wildman–Crippen MR) is 31.2 cm³/mol. The summed E-state index contributed by atoms with van der Waals surface area (Å²) in [4.78, 5) is 0. The van der Waals surface area contributed by atoms with Gasteiger partial charge in [0.2, 0.25) is 0 Å². The van der Waals surface area contributed by atoms with E-state index in [1.54, 1.807) is 0 Å². The highest BCUT2D eigenvalue weighted by molar-refractivity contribution is 4.70. The van der Waals surface area contributed by atoms with Gasteiger partial charge in [0.15, 0.2) is 0 Å². The normalized spacial score (nSPS) is 39.8. The largest absolute Gasteiger partial charge is 0.387 e. The molecular weight excluding hydrogens is 102 g/mol. The van der Waals surface area contributed by atoms with E-state index >= 15 is 0 Å². The predicted octanol–water partition coefficient (Wildman–Crippen LogP) is -0.468. The van der Waals surface area contributed by atoms with Gasteiger partial charge in [-0.3, -0.25) is 0 Å². The van der Waals surface area contributed by atoms with E-state index in [0.717, 1.165) is 12.8 Å². The molecule has 1 rings (SSSR count). The molecule has 1 aliphatic rings. The number of hydrogen-bond acceptors (Lipinski definition) is 1. The van der Waals surface area contributed by atoms with E-state index in [9.17, 15) is 0 Å². The van der Waals surface area contributed by atoms with Gasteiger partial charge in [-0.2, -0.15) is 0 Å². The van der Waals surface area contributed by atoms with Crippen molar-refractivity contribution in [1.29, 1.82) is 0 Å². The summed E-state index contributed by atoms with van der Waals surface area (Å²) in [6.07, 6.45) is 4.41. The molecule has 0 aromatic rings. The zero-order chi connectivity index (χ0) is 5.98. The first-order chi connectivity index (χ1) is 3.80. The number of aliphatic hydroxyl groups is 1. The van der Waals surface area contributed by atoms with Crippen LogP contribution in [0.3, 0.4) is 0 Å².